The molecule has 6 heteroatoms. The standard InChI is InChI=1S/C39H73N3O3/c1-3-5-7-9-11-13-15-17-19-21-23-25-27-29-31-33-37(43)41-35-36(39(40)45)42-38(44)34-32-30-28-26-24-22-20-18-16-14-12-10-8-6-4-2/h17-20,36H,3-16,21-35H2,1-2H3,(H2,40,45)(H,41,43)(H,42,44)/b19-17-,20-18-. The molecule has 0 bridgehead atoms. The van der Waals surface area contributed by atoms with E-state index in [2.05, 4.69) is 48.8 Å². The summed E-state index contributed by atoms with van der Waals surface area (Å²) < 4.78 is 0. The van der Waals surface area contributed by atoms with Gasteiger partial charge in [-0.3, -0.25) is 14.4 Å². The van der Waals surface area contributed by atoms with Crippen molar-refractivity contribution < 1.29 is 14.4 Å². The van der Waals surface area contributed by atoms with E-state index in [0.29, 0.717) is 12.8 Å². The predicted molar refractivity (Wildman–Crippen MR) is 193 cm³/mol. The van der Waals surface area contributed by atoms with Crippen LogP contribution in [-0.2, 0) is 14.4 Å². The Kier molecular flexibility index (Phi) is 33.1. The van der Waals surface area contributed by atoms with E-state index in [9.17, 15) is 14.4 Å². The molecule has 0 aliphatic rings. The fourth-order valence-corrected chi connectivity index (χ4v) is 5.51. The smallest absolute Gasteiger partial charge is 0.241 e. The lowest BCUT2D eigenvalue weighted by Gasteiger charge is -2.16. The zero-order chi connectivity index (χ0) is 33.1. The second-order valence-electron chi connectivity index (χ2n) is 13.0. The molecule has 3 amide bonds. The van der Waals surface area contributed by atoms with Crippen molar-refractivity contribution in [3.8, 4) is 0 Å². The molecule has 262 valence electrons. The summed E-state index contributed by atoms with van der Waals surface area (Å²) in [6.07, 6.45) is 41.7. The average molecular weight is 632 g/mol. The van der Waals surface area contributed by atoms with Gasteiger partial charge in [-0.05, 0) is 64.2 Å². The van der Waals surface area contributed by atoms with Crippen LogP contribution in [0.4, 0.5) is 0 Å². The van der Waals surface area contributed by atoms with Gasteiger partial charge < -0.3 is 16.4 Å². The van der Waals surface area contributed by atoms with E-state index in [-0.39, 0.29) is 18.4 Å². The third-order valence-corrected chi connectivity index (χ3v) is 8.51. The minimum absolute atomic E-state index is 0.0529. The van der Waals surface area contributed by atoms with Gasteiger partial charge in [0.1, 0.15) is 6.04 Å². The Balaban J connectivity index is 3.70. The van der Waals surface area contributed by atoms with Gasteiger partial charge >= 0.3 is 0 Å². The molecule has 1 unspecified atom stereocenters. The van der Waals surface area contributed by atoms with Crippen LogP contribution in [-0.4, -0.2) is 30.3 Å². The van der Waals surface area contributed by atoms with Crippen LogP contribution in [0.3, 0.4) is 0 Å². The molecule has 0 fully saturated rings. The fraction of sp³-hybridized carbons (Fsp3) is 0.821. The van der Waals surface area contributed by atoms with Crippen molar-refractivity contribution in [2.45, 2.75) is 200 Å². The van der Waals surface area contributed by atoms with E-state index >= 15 is 0 Å². The predicted octanol–water partition coefficient (Wildman–Crippen LogP) is 10.1. The third-order valence-electron chi connectivity index (χ3n) is 8.51. The van der Waals surface area contributed by atoms with Gasteiger partial charge in [-0.1, -0.05) is 141 Å². The molecule has 0 saturated carbocycles. The van der Waals surface area contributed by atoms with Gasteiger partial charge in [0.25, 0.3) is 0 Å². The number of carbonyl (C=O) groups is 3. The summed E-state index contributed by atoms with van der Waals surface area (Å²) in [5.74, 6) is -0.887. The number of hydrogen-bond acceptors (Lipinski definition) is 3. The number of primary amides is 1. The molecule has 45 heavy (non-hydrogen) atoms. The summed E-state index contributed by atoms with van der Waals surface area (Å²) in [5.41, 5.74) is 5.48. The summed E-state index contributed by atoms with van der Waals surface area (Å²) in [7, 11) is 0. The number of rotatable bonds is 34. The second-order valence-corrected chi connectivity index (χ2v) is 13.0. The van der Waals surface area contributed by atoms with Crippen molar-refractivity contribution in [2.75, 3.05) is 6.54 Å². The summed E-state index contributed by atoms with van der Waals surface area (Å²) in [6, 6.07) is -0.862. The molecule has 4 N–H and O–H groups in total. The Labute approximate surface area is 278 Å². The van der Waals surface area contributed by atoms with Crippen molar-refractivity contribution in [3.63, 3.8) is 0 Å². The van der Waals surface area contributed by atoms with Crippen molar-refractivity contribution in [3.05, 3.63) is 24.3 Å². The first-order chi connectivity index (χ1) is 22.0. The summed E-state index contributed by atoms with van der Waals surface area (Å²) in [4.78, 5) is 36.4. The van der Waals surface area contributed by atoms with Crippen molar-refractivity contribution in [1.82, 2.24) is 10.6 Å². The Morgan fingerprint density at radius 3 is 1.20 bits per heavy atom. The molecule has 0 aromatic rings. The minimum atomic E-state index is -0.862. The lowest BCUT2D eigenvalue weighted by atomic mass is 10.1. The summed E-state index contributed by atoms with van der Waals surface area (Å²) >= 11 is 0. The number of carbonyl (C=O) groups excluding carboxylic acids is 3. The maximum absolute atomic E-state index is 12.3. The molecule has 0 aromatic heterocycles. The van der Waals surface area contributed by atoms with Gasteiger partial charge in [0.05, 0.1) is 0 Å². The molecule has 0 rings (SSSR count). The minimum Gasteiger partial charge on any atom is -0.368 e. The van der Waals surface area contributed by atoms with Crippen LogP contribution in [0.5, 0.6) is 0 Å². The molecule has 1 atom stereocenters. The number of unbranched alkanes of at least 4 members (excludes halogenated alkanes) is 22. The van der Waals surface area contributed by atoms with E-state index in [0.717, 1.165) is 51.4 Å². The van der Waals surface area contributed by atoms with Gasteiger partial charge in [-0.2, -0.15) is 0 Å². The Bertz CT molecular complexity index is 750. The second kappa shape index (κ2) is 34.8. The largest absolute Gasteiger partial charge is 0.368 e. The molecule has 0 aliphatic heterocycles. The zero-order valence-electron chi connectivity index (χ0n) is 29.7. The normalized spacial score (nSPS) is 12.2. The van der Waals surface area contributed by atoms with E-state index in [1.165, 1.54) is 116 Å². The van der Waals surface area contributed by atoms with Crippen LogP contribution < -0.4 is 16.4 Å². The van der Waals surface area contributed by atoms with Crippen LogP contribution in [0, 0.1) is 0 Å². The number of amides is 3. The van der Waals surface area contributed by atoms with Crippen LogP contribution in [0.15, 0.2) is 24.3 Å². The molecular formula is C39H73N3O3. The van der Waals surface area contributed by atoms with E-state index < -0.39 is 11.9 Å². The maximum atomic E-state index is 12.3. The topological polar surface area (TPSA) is 101 Å². The number of hydrogen-bond donors (Lipinski definition) is 3. The first kappa shape index (κ1) is 42.9. The molecule has 0 saturated heterocycles. The summed E-state index contributed by atoms with van der Waals surface area (Å²) in [6.45, 7) is 4.57. The molecule has 0 heterocycles. The van der Waals surface area contributed by atoms with Gasteiger partial charge in [-0.25, -0.2) is 0 Å². The Morgan fingerprint density at radius 1 is 0.489 bits per heavy atom. The van der Waals surface area contributed by atoms with Crippen LogP contribution in [0.2, 0.25) is 0 Å². The van der Waals surface area contributed by atoms with E-state index in [4.69, 9.17) is 5.73 Å². The van der Waals surface area contributed by atoms with E-state index in [1.807, 2.05) is 0 Å². The monoisotopic (exact) mass is 632 g/mol. The lowest BCUT2D eigenvalue weighted by Crippen LogP contribution is -2.51. The molecule has 0 aliphatic carbocycles. The maximum Gasteiger partial charge on any atom is 0.241 e. The van der Waals surface area contributed by atoms with Crippen LogP contribution in [0.25, 0.3) is 0 Å². The average Bonchev–Trinajstić information content (AvgIpc) is 3.02. The van der Waals surface area contributed by atoms with Crippen molar-refractivity contribution in [1.29, 1.82) is 0 Å². The number of nitrogens with one attached hydrogen (secondary N) is 2. The van der Waals surface area contributed by atoms with Gasteiger partial charge in [0, 0.05) is 19.4 Å². The number of nitrogens with two attached hydrogens (primary N) is 1. The Hall–Kier alpha value is -2.11. The lowest BCUT2D eigenvalue weighted by molar-refractivity contribution is -0.128. The number of allylic oxidation sites excluding steroid dienone is 4. The molecule has 0 spiro atoms. The van der Waals surface area contributed by atoms with Gasteiger partial charge in [0.15, 0.2) is 0 Å². The highest BCUT2D eigenvalue weighted by Gasteiger charge is 2.18. The first-order valence-electron chi connectivity index (χ1n) is 19.2. The summed E-state index contributed by atoms with van der Waals surface area (Å²) in [5, 5.41) is 5.47. The van der Waals surface area contributed by atoms with Gasteiger partial charge in [-0.15, -0.1) is 0 Å². The highest BCUT2D eigenvalue weighted by atomic mass is 16.2. The quantitative estimate of drug-likeness (QED) is 0.0486. The SMILES string of the molecule is CCCCCCCC/C=C\CCCCCCCC(=O)NCC(NC(=O)CCCCCCC/C=C\CCCCCCCC)C(N)=O. The fourth-order valence-electron chi connectivity index (χ4n) is 5.51. The highest BCUT2D eigenvalue weighted by molar-refractivity contribution is 5.87. The molecule has 6 nitrogen and oxygen atoms in total. The van der Waals surface area contributed by atoms with E-state index in [1.54, 1.807) is 0 Å². The molecular weight excluding hydrogens is 558 g/mol. The first-order valence-corrected chi connectivity index (χ1v) is 19.2. The third kappa shape index (κ3) is 33.1. The Morgan fingerprint density at radius 2 is 0.822 bits per heavy atom. The van der Waals surface area contributed by atoms with Crippen LogP contribution >= 0.6 is 0 Å². The van der Waals surface area contributed by atoms with Crippen LogP contribution in [0.1, 0.15) is 194 Å². The van der Waals surface area contributed by atoms with Crippen molar-refractivity contribution in [2.24, 2.45) is 5.73 Å². The van der Waals surface area contributed by atoms with Gasteiger partial charge in [0.2, 0.25) is 17.7 Å². The van der Waals surface area contributed by atoms with Crippen molar-refractivity contribution >= 4 is 17.7 Å². The zero-order valence-corrected chi connectivity index (χ0v) is 29.7. The molecule has 0 aromatic carbocycles. The molecule has 0 radical (unpaired) electrons. The highest BCUT2D eigenvalue weighted by Crippen LogP contribution is 2.11.